The fourth-order valence-electron chi connectivity index (χ4n) is 3.41. The van der Waals surface area contributed by atoms with E-state index in [1.807, 2.05) is 18.3 Å². The molecule has 1 saturated heterocycles. The van der Waals surface area contributed by atoms with E-state index in [0.717, 1.165) is 31.7 Å². The first kappa shape index (κ1) is 15.6. The van der Waals surface area contributed by atoms with Gasteiger partial charge in [0.1, 0.15) is 0 Å². The summed E-state index contributed by atoms with van der Waals surface area (Å²) in [4.78, 5) is 18.2. The Balaban J connectivity index is 1.47. The standard InChI is InChI=1S/C18H19N5O2/c24-18(25)15-3-1-2-4-17(15)23-11-14(19-12-23)10-22-8-6-13(9-22)16-5-7-20-21-16/h1-5,7,11-13H,6,8-10H2,(H,20,21)(H,24,25)/t13-/m0/s1. The van der Waals surface area contributed by atoms with Crippen molar-refractivity contribution in [3.63, 3.8) is 0 Å². The number of aromatic amines is 1. The van der Waals surface area contributed by atoms with Crippen LogP contribution < -0.4 is 0 Å². The number of rotatable bonds is 5. The van der Waals surface area contributed by atoms with Gasteiger partial charge in [-0.05, 0) is 31.2 Å². The second kappa shape index (κ2) is 6.52. The number of carbonyl (C=O) groups is 1. The quantitative estimate of drug-likeness (QED) is 0.746. The van der Waals surface area contributed by atoms with Crippen LogP contribution in [-0.4, -0.2) is 48.8 Å². The van der Waals surface area contributed by atoms with Crippen LogP contribution in [0.15, 0.2) is 49.1 Å². The Kier molecular flexibility index (Phi) is 4.07. The van der Waals surface area contributed by atoms with Gasteiger partial charge in [-0.1, -0.05) is 12.1 Å². The van der Waals surface area contributed by atoms with Crippen LogP contribution in [0.4, 0.5) is 0 Å². The maximum absolute atomic E-state index is 11.4. The molecule has 2 N–H and O–H groups in total. The minimum absolute atomic E-state index is 0.270. The Morgan fingerprint density at radius 1 is 1.32 bits per heavy atom. The van der Waals surface area contributed by atoms with Gasteiger partial charge in [-0.25, -0.2) is 9.78 Å². The monoisotopic (exact) mass is 337 g/mol. The minimum Gasteiger partial charge on any atom is -0.478 e. The number of H-pyrrole nitrogens is 1. The Bertz CT molecular complexity index is 871. The highest BCUT2D eigenvalue weighted by molar-refractivity contribution is 5.91. The lowest BCUT2D eigenvalue weighted by Crippen LogP contribution is -2.20. The topological polar surface area (TPSA) is 87.0 Å². The predicted molar refractivity (Wildman–Crippen MR) is 91.7 cm³/mol. The minimum atomic E-state index is -0.937. The fourth-order valence-corrected chi connectivity index (χ4v) is 3.41. The lowest BCUT2D eigenvalue weighted by Gasteiger charge is -2.13. The van der Waals surface area contributed by atoms with Crippen LogP contribution in [0.1, 0.15) is 34.1 Å². The van der Waals surface area contributed by atoms with Crippen LogP contribution in [0.25, 0.3) is 5.69 Å². The molecule has 0 amide bonds. The number of likely N-dealkylation sites (tertiary alicyclic amines) is 1. The molecule has 4 rings (SSSR count). The molecule has 3 heterocycles. The molecular weight excluding hydrogens is 318 g/mol. The van der Waals surface area contributed by atoms with Gasteiger partial charge >= 0.3 is 5.97 Å². The van der Waals surface area contributed by atoms with E-state index < -0.39 is 5.97 Å². The van der Waals surface area contributed by atoms with Crippen LogP contribution >= 0.6 is 0 Å². The predicted octanol–water partition coefficient (Wildman–Crippen LogP) is 2.28. The van der Waals surface area contributed by atoms with E-state index >= 15 is 0 Å². The molecule has 128 valence electrons. The Hall–Kier alpha value is -2.93. The van der Waals surface area contributed by atoms with Crippen molar-refractivity contribution in [2.75, 3.05) is 13.1 Å². The van der Waals surface area contributed by atoms with Crippen molar-refractivity contribution in [2.24, 2.45) is 0 Å². The van der Waals surface area contributed by atoms with E-state index in [1.54, 1.807) is 35.3 Å². The van der Waals surface area contributed by atoms with Gasteiger partial charge < -0.3 is 9.67 Å². The summed E-state index contributed by atoms with van der Waals surface area (Å²) in [5.74, 6) is -0.454. The summed E-state index contributed by atoms with van der Waals surface area (Å²) in [5, 5.41) is 16.4. The third kappa shape index (κ3) is 3.18. The average Bonchev–Trinajstić information content (AvgIpc) is 3.36. The van der Waals surface area contributed by atoms with Crippen molar-refractivity contribution in [3.8, 4) is 5.69 Å². The summed E-state index contributed by atoms with van der Waals surface area (Å²) >= 11 is 0. The molecule has 1 fully saturated rings. The summed E-state index contributed by atoms with van der Waals surface area (Å²) < 4.78 is 1.78. The average molecular weight is 337 g/mol. The largest absolute Gasteiger partial charge is 0.478 e. The number of nitrogens with zero attached hydrogens (tertiary/aromatic N) is 4. The molecule has 1 aliphatic rings. The highest BCUT2D eigenvalue weighted by Gasteiger charge is 2.25. The molecule has 25 heavy (non-hydrogen) atoms. The van der Waals surface area contributed by atoms with Crippen molar-refractivity contribution in [3.05, 3.63) is 66.0 Å². The first-order valence-corrected chi connectivity index (χ1v) is 8.28. The maximum Gasteiger partial charge on any atom is 0.337 e. The number of carboxylic acids is 1. The van der Waals surface area contributed by atoms with Crippen molar-refractivity contribution in [2.45, 2.75) is 18.9 Å². The molecule has 7 nitrogen and oxygen atoms in total. The summed E-state index contributed by atoms with van der Waals surface area (Å²) in [6, 6.07) is 8.99. The van der Waals surface area contributed by atoms with Crippen molar-refractivity contribution in [1.29, 1.82) is 0 Å². The summed E-state index contributed by atoms with van der Waals surface area (Å²) in [6.45, 7) is 2.75. The third-order valence-corrected chi connectivity index (χ3v) is 4.67. The Morgan fingerprint density at radius 2 is 2.20 bits per heavy atom. The van der Waals surface area contributed by atoms with Crippen LogP contribution in [-0.2, 0) is 6.54 Å². The lowest BCUT2D eigenvalue weighted by atomic mass is 10.1. The van der Waals surface area contributed by atoms with Crippen LogP contribution in [0.3, 0.4) is 0 Å². The number of aromatic carboxylic acids is 1. The molecule has 0 unspecified atom stereocenters. The van der Waals surface area contributed by atoms with Crippen LogP contribution in [0.2, 0.25) is 0 Å². The van der Waals surface area contributed by atoms with E-state index in [9.17, 15) is 9.90 Å². The smallest absolute Gasteiger partial charge is 0.337 e. The third-order valence-electron chi connectivity index (χ3n) is 4.67. The van der Waals surface area contributed by atoms with Gasteiger partial charge in [0.15, 0.2) is 0 Å². The number of aromatic nitrogens is 4. The Labute approximate surface area is 144 Å². The zero-order chi connectivity index (χ0) is 17.2. The molecule has 1 aromatic carbocycles. The highest BCUT2D eigenvalue weighted by Crippen LogP contribution is 2.26. The zero-order valence-corrected chi connectivity index (χ0v) is 13.7. The number of carboxylic acid groups (broad SMARTS) is 1. The van der Waals surface area contributed by atoms with Gasteiger partial charge in [-0.3, -0.25) is 10.00 Å². The number of hydrogen-bond acceptors (Lipinski definition) is 4. The Morgan fingerprint density at radius 3 is 3.00 bits per heavy atom. The maximum atomic E-state index is 11.4. The summed E-state index contributed by atoms with van der Waals surface area (Å²) in [6.07, 6.45) is 6.48. The van der Waals surface area contributed by atoms with E-state index in [2.05, 4.69) is 20.1 Å². The molecule has 3 aromatic rings. The van der Waals surface area contributed by atoms with E-state index in [-0.39, 0.29) is 5.56 Å². The van der Waals surface area contributed by atoms with Gasteiger partial charge in [0, 0.05) is 37.1 Å². The number of hydrogen-bond donors (Lipinski definition) is 2. The molecule has 0 saturated carbocycles. The van der Waals surface area contributed by atoms with Gasteiger partial charge in [-0.15, -0.1) is 0 Å². The normalized spacial score (nSPS) is 17.8. The molecule has 1 aliphatic heterocycles. The van der Waals surface area contributed by atoms with Crippen molar-refractivity contribution < 1.29 is 9.90 Å². The molecular formula is C18H19N5O2. The first-order chi connectivity index (χ1) is 12.2. The van der Waals surface area contributed by atoms with Gasteiger partial charge in [-0.2, -0.15) is 5.10 Å². The first-order valence-electron chi connectivity index (χ1n) is 8.28. The summed E-state index contributed by atoms with van der Waals surface area (Å²) in [5.41, 5.74) is 3.02. The van der Waals surface area contributed by atoms with E-state index in [0.29, 0.717) is 11.6 Å². The molecule has 0 radical (unpaired) electrons. The molecule has 0 bridgehead atoms. The number of nitrogens with one attached hydrogen (secondary N) is 1. The molecule has 0 aliphatic carbocycles. The molecule has 1 atom stereocenters. The second-order valence-electron chi connectivity index (χ2n) is 6.33. The second-order valence-corrected chi connectivity index (χ2v) is 6.33. The zero-order valence-electron chi connectivity index (χ0n) is 13.7. The van der Waals surface area contributed by atoms with E-state index in [4.69, 9.17) is 0 Å². The van der Waals surface area contributed by atoms with Crippen LogP contribution in [0, 0.1) is 0 Å². The van der Waals surface area contributed by atoms with Gasteiger partial charge in [0.25, 0.3) is 0 Å². The number of benzene rings is 1. The molecule has 7 heteroatoms. The summed E-state index contributed by atoms with van der Waals surface area (Å²) in [7, 11) is 0. The molecule has 2 aromatic heterocycles. The lowest BCUT2D eigenvalue weighted by molar-refractivity contribution is 0.0697. The molecule has 0 spiro atoms. The highest BCUT2D eigenvalue weighted by atomic mass is 16.4. The van der Waals surface area contributed by atoms with Crippen LogP contribution in [0.5, 0.6) is 0 Å². The SMILES string of the molecule is O=C(O)c1ccccc1-n1cnc(CN2CC[C@H](c3ccn[nH]3)C2)c1. The number of para-hydroxylation sites is 1. The number of imidazole rings is 1. The fraction of sp³-hybridized carbons (Fsp3) is 0.278. The van der Waals surface area contributed by atoms with Gasteiger partial charge in [0.2, 0.25) is 0 Å². The van der Waals surface area contributed by atoms with Crippen molar-refractivity contribution in [1.82, 2.24) is 24.6 Å². The van der Waals surface area contributed by atoms with Crippen molar-refractivity contribution >= 4 is 5.97 Å². The van der Waals surface area contributed by atoms with Gasteiger partial charge in [0.05, 0.1) is 23.3 Å². The van der Waals surface area contributed by atoms with E-state index in [1.165, 1.54) is 5.69 Å².